The van der Waals surface area contributed by atoms with Crippen LogP contribution in [0, 0.1) is 5.92 Å². The Labute approximate surface area is 100 Å². The molecular weight excluding hydrogens is 224 g/mol. The molecule has 1 N–H and O–H groups in total. The monoisotopic (exact) mass is 242 g/mol. The standard InChI is InChI=1S/C10H18N4OS/c1-7(2)8(3)12-9(15)5-16-10-13-11-6-14(10)4/h6-8H,5H2,1-4H3,(H,12,15). The van der Waals surface area contributed by atoms with Gasteiger partial charge in [0.15, 0.2) is 5.16 Å². The van der Waals surface area contributed by atoms with E-state index >= 15 is 0 Å². The van der Waals surface area contributed by atoms with Crippen LogP contribution >= 0.6 is 11.8 Å². The van der Waals surface area contributed by atoms with Gasteiger partial charge in [-0.05, 0) is 12.8 Å². The molecule has 1 aromatic heterocycles. The molecular formula is C10H18N4OS. The van der Waals surface area contributed by atoms with Crippen molar-refractivity contribution in [2.75, 3.05) is 5.75 Å². The predicted molar refractivity (Wildman–Crippen MR) is 64.2 cm³/mol. The predicted octanol–water partition coefficient (Wildman–Crippen LogP) is 1.07. The number of hydrogen-bond acceptors (Lipinski definition) is 4. The average Bonchev–Trinajstić information content (AvgIpc) is 2.61. The van der Waals surface area contributed by atoms with E-state index < -0.39 is 0 Å². The summed E-state index contributed by atoms with van der Waals surface area (Å²) in [4.78, 5) is 11.6. The van der Waals surface area contributed by atoms with Crippen LogP contribution < -0.4 is 5.32 Å². The quantitative estimate of drug-likeness (QED) is 0.785. The average molecular weight is 242 g/mol. The van der Waals surface area contributed by atoms with E-state index in [1.807, 2.05) is 14.0 Å². The fourth-order valence-corrected chi connectivity index (χ4v) is 1.69. The van der Waals surface area contributed by atoms with E-state index in [-0.39, 0.29) is 11.9 Å². The second-order valence-electron chi connectivity index (χ2n) is 4.11. The molecule has 1 unspecified atom stereocenters. The number of nitrogens with one attached hydrogen (secondary N) is 1. The van der Waals surface area contributed by atoms with Gasteiger partial charge in [0.2, 0.25) is 5.91 Å². The molecule has 90 valence electrons. The van der Waals surface area contributed by atoms with Crippen molar-refractivity contribution in [1.29, 1.82) is 0 Å². The highest BCUT2D eigenvalue weighted by Crippen LogP contribution is 2.12. The Kier molecular flexibility index (Phi) is 4.79. The van der Waals surface area contributed by atoms with Crippen LogP contribution in [0.4, 0.5) is 0 Å². The first-order valence-corrected chi connectivity index (χ1v) is 6.25. The van der Waals surface area contributed by atoms with Gasteiger partial charge < -0.3 is 9.88 Å². The molecule has 1 aromatic rings. The molecule has 16 heavy (non-hydrogen) atoms. The minimum atomic E-state index is 0.0363. The molecule has 0 saturated heterocycles. The molecule has 0 aliphatic carbocycles. The molecule has 0 spiro atoms. The molecule has 0 radical (unpaired) electrons. The van der Waals surface area contributed by atoms with Crippen LogP contribution in [0.5, 0.6) is 0 Å². The zero-order chi connectivity index (χ0) is 12.1. The normalized spacial score (nSPS) is 12.8. The van der Waals surface area contributed by atoms with E-state index in [2.05, 4.69) is 29.4 Å². The summed E-state index contributed by atoms with van der Waals surface area (Å²) in [5.74, 6) is 0.863. The Hall–Kier alpha value is -1.04. The Morgan fingerprint density at radius 1 is 1.56 bits per heavy atom. The lowest BCUT2D eigenvalue weighted by Crippen LogP contribution is -2.37. The number of hydrogen-bond donors (Lipinski definition) is 1. The summed E-state index contributed by atoms with van der Waals surface area (Å²) in [6, 6.07) is 0.201. The van der Waals surface area contributed by atoms with Gasteiger partial charge in [0.1, 0.15) is 6.33 Å². The number of thioether (sulfide) groups is 1. The smallest absolute Gasteiger partial charge is 0.230 e. The van der Waals surface area contributed by atoms with Gasteiger partial charge in [-0.3, -0.25) is 4.79 Å². The largest absolute Gasteiger partial charge is 0.353 e. The summed E-state index contributed by atoms with van der Waals surface area (Å²) in [6.45, 7) is 6.18. The second kappa shape index (κ2) is 5.89. The molecule has 1 rings (SSSR count). The number of rotatable bonds is 5. The third-order valence-corrected chi connectivity index (χ3v) is 3.43. The lowest BCUT2D eigenvalue weighted by molar-refractivity contribution is -0.119. The van der Waals surface area contributed by atoms with Crippen LogP contribution in [-0.2, 0) is 11.8 Å². The third kappa shape index (κ3) is 3.84. The molecule has 1 amide bonds. The van der Waals surface area contributed by atoms with Crippen molar-refractivity contribution in [3.8, 4) is 0 Å². The first-order valence-electron chi connectivity index (χ1n) is 5.27. The minimum absolute atomic E-state index is 0.0363. The summed E-state index contributed by atoms with van der Waals surface area (Å²) >= 11 is 1.39. The first-order chi connectivity index (χ1) is 7.50. The van der Waals surface area contributed by atoms with Gasteiger partial charge in [-0.2, -0.15) is 0 Å². The zero-order valence-corrected chi connectivity index (χ0v) is 10.9. The van der Waals surface area contributed by atoms with Crippen molar-refractivity contribution in [1.82, 2.24) is 20.1 Å². The maximum atomic E-state index is 11.6. The van der Waals surface area contributed by atoms with Gasteiger partial charge in [-0.15, -0.1) is 10.2 Å². The van der Waals surface area contributed by atoms with Gasteiger partial charge in [0.05, 0.1) is 5.75 Å². The van der Waals surface area contributed by atoms with Crippen molar-refractivity contribution in [3.63, 3.8) is 0 Å². The Morgan fingerprint density at radius 2 is 2.25 bits per heavy atom. The maximum Gasteiger partial charge on any atom is 0.230 e. The second-order valence-corrected chi connectivity index (χ2v) is 5.06. The van der Waals surface area contributed by atoms with Crippen molar-refractivity contribution >= 4 is 17.7 Å². The summed E-state index contributed by atoms with van der Waals surface area (Å²) in [6.07, 6.45) is 1.62. The number of aryl methyl sites for hydroxylation is 1. The number of carbonyl (C=O) groups excluding carboxylic acids is 1. The zero-order valence-electron chi connectivity index (χ0n) is 10.1. The Morgan fingerprint density at radius 3 is 2.75 bits per heavy atom. The topological polar surface area (TPSA) is 59.8 Å². The molecule has 0 saturated carbocycles. The van der Waals surface area contributed by atoms with Crippen LogP contribution in [0.2, 0.25) is 0 Å². The fraction of sp³-hybridized carbons (Fsp3) is 0.700. The third-order valence-electron chi connectivity index (χ3n) is 2.39. The maximum absolute atomic E-state index is 11.6. The highest BCUT2D eigenvalue weighted by molar-refractivity contribution is 7.99. The lowest BCUT2D eigenvalue weighted by Gasteiger charge is -2.16. The molecule has 5 nitrogen and oxygen atoms in total. The molecule has 1 atom stereocenters. The summed E-state index contributed by atoms with van der Waals surface area (Å²) in [5, 5.41) is 11.3. The Bertz CT molecular complexity index is 350. The molecule has 0 fully saturated rings. The van der Waals surface area contributed by atoms with Crippen molar-refractivity contribution in [2.45, 2.75) is 32.0 Å². The van der Waals surface area contributed by atoms with Gasteiger partial charge in [-0.25, -0.2) is 0 Å². The van der Waals surface area contributed by atoms with E-state index in [9.17, 15) is 4.79 Å². The summed E-state index contributed by atoms with van der Waals surface area (Å²) < 4.78 is 1.80. The fourth-order valence-electron chi connectivity index (χ4n) is 0.996. The SMILES string of the molecule is CC(C)C(C)NC(=O)CSc1nncn1C. The van der Waals surface area contributed by atoms with Gasteiger partial charge in [-0.1, -0.05) is 25.6 Å². The van der Waals surface area contributed by atoms with Crippen molar-refractivity contribution < 1.29 is 4.79 Å². The van der Waals surface area contributed by atoms with Crippen molar-refractivity contribution in [3.05, 3.63) is 6.33 Å². The summed E-state index contributed by atoms with van der Waals surface area (Å²) in [7, 11) is 1.86. The molecule has 0 aromatic carbocycles. The van der Waals surface area contributed by atoms with E-state index in [0.717, 1.165) is 5.16 Å². The van der Waals surface area contributed by atoms with Crippen LogP contribution in [-0.4, -0.2) is 32.5 Å². The summed E-state index contributed by atoms with van der Waals surface area (Å²) in [5.41, 5.74) is 0. The van der Waals surface area contributed by atoms with Crippen LogP contribution in [0.15, 0.2) is 11.5 Å². The molecule has 0 bridgehead atoms. The number of carbonyl (C=O) groups is 1. The van der Waals surface area contributed by atoms with Gasteiger partial charge >= 0.3 is 0 Å². The van der Waals surface area contributed by atoms with E-state index in [4.69, 9.17) is 0 Å². The molecule has 0 aliphatic rings. The van der Waals surface area contributed by atoms with E-state index in [0.29, 0.717) is 11.7 Å². The van der Waals surface area contributed by atoms with Crippen LogP contribution in [0.25, 0.3) is 0 Å². The van der Waals surface area contributed by atoms with E-state index in [1.54, 1.807) is 10.9 Å². The highest BCUT2D eigenvalue weighted by atomic mass is 32.2. The molecule has 0 aliphatic heterocycles. The number of nitrogens with zero attached hydrogens (tertiary/aromatic N) is 3. The first kappa shape index (κ1) is 13.0. The van der Waals surface area contributed by atoms with Gasteiger partial charge in [0.25, 0.3) is 0 Å². The highest BCUT2D eigenvalue weighted by Gasteiger charge is 2.12. The van der Waals surface area contributed by atoms with Gasteiger partial charge in [0, 0.05) is 13.1 Å². The van der Waals surface area contributed by atoms with E-state index in [1.165, 1.54) is 11.8 Å². The molecule has 6 heteroatoms. The number of amides is 1. The molecule has 1 heterocycles. The van der Waals surface area contributed by atoms with Crippen LogP contribution in [0.1, 0.15) is 20.8 Å². The minimum Gasteiger partial charge on any atom is -0.353 e. The number of aromatic nitrogens is 3. The van der Waals surface area contributed by atoms with Crippen molar-refractivity contribution in [2.24, 2.45) is 13.0 Å². The lowest BCUT2D eigenvalue weighted by atomic mass is 10.1. The van der Waals surface area contributed by atoms with Crippen LogP contribution in [0.3, 0.4) is 0 Å². The Balaban J connectivity index is 2.33.